The molecule has 0 aliphatic carbocycles. The number of hydrogen-bond acceptors (Lipinski definition) is 5. The molecule has 7 nitrogen and oxygen atoms in total. The van der Waals surface area contributed by atoms with Gasteiger partial charge in [-0.1, -0.05) is 12.1 Å². The minimum Gasteiger partial charge on any atom is -0.497 e. The molecule has 5 rings (SSSR count). The van der Waals surface area contributed by atoms with Crippen LogP contribution in [-0.2, 0) is 13.1 Å². The number of amides is 1. The van der Waals surface area contributed by atoms with E-state index in [1.807, 2.05) is 12.1 Å². The second kappa shape index (κ2) is 9.21. The van der Waals surface area contributed by atoms with Gasteiger partial charge in [-0.15, -0.1) is 0 Å². The third-order valence-electron chi connectivity index (χ3n) is 6.29. The number of fused-ring (bicyclic) bond motifs is 2. The molecule has 0 saturated heterocycles. The Morgan fingerprint density at radius 3 is 2.34 bits per heavy atom. The van der Waals surface area contributed by atoms with Gasteiger partial charge in [-0.05, 0) is 47.9 Å². The highest BCUT2D eigenvalue weighted by Gasteiger charge is 2.29. The van der Waals surface area contributed by atoms with E-state index >= 15 is 0 Å². The van der Waals surface area contributed by atoms with Gasteiger partial charge in [0.2, 0.25) is 0 Å². The molecule has 0 atom stereocenters. The first-order chi connectivity index (χ1) is 17.0. The van der Waals surface area contributed by atoms with Crippen LogP contribution in [-0.4, -0.2) is 41.1 Å². The van der Waals surface area contributed by atoms with E-state index in [9.17, 15) is 14.0 Å². The fourth-order valence-electron chi connectivity index (χ4n) is 4.64. The Bertz CT molecular complexity index is 1460. The van der Waals surface area contributed by atoms with Crippen LogP contribution >= 0.6 is 0 Å². The zero-order valence-electron chi connectivity index (χ0n) is 19.5. The number of halogens is 1. The van der Waals surface area contributed by atoms with Gasteiger partial charge in [-0.2, -0.15) is 0 Å². The number of benzene rings is 2. The predicted octanol–water partition coefficient (Wildman–Crippen LogP) is 4.27. The number of aromatic nitrogens is 2. The average Bonchev–Trinajstić information content (AvgIpc) is 3.04. The fourth-order valence-corrected chi connectivity index (χ4v) is 4.64. The van der Waals surface area contributed by atoms with E-state index in [0.717, 1.165) is 5.56 Å². The van der Waals surface area contributed by atoms with Crippen LogP contribution in [0.5, 0.6) is 11.5 Å². The molecule has 8 heteroatoms. The van der Waals surface area contributed by atoms with Gasteiger partial charge in [-0.25, -0.2) is 4.39 Å². The van der Waals surface area contributed by atoms with Crippen molar-refractivity contribution in [1.29, 1.82) is 0 Å². The number of nitrogens with zero attached hydrogens (tertiary/aromatic N) is 3. The van der Waals surface area contributed by atoms with E-state index in [2.05, 4.69) is 4.98 Å². The highest BCUT2D eigenvalue weighted by molar-refractivity contribution is 6.08. The van der Waals surface area contributed by atoms with Gasteiger partial charge in [0, 0.05) is 49.0 Å². The van der Waals surface area contributed by atoms with Crippen molar-refractivity contribution in [3.05, 3.63) is 88.4 Å². The summed E-state index contributed by atoms with van der Waals surface area (Å²) < 4.78 is 26.0. The molecule has 0 saturated carbocycles. The normalized spacial score (nSPS) is 13.5. The molecule has 1 aliphatic heterocycles. The van der Waals surface area contributed by atoms with E-state index in [1.165, 1.54) is 22.9 Å². The first-order valence-electron chi connectivity index (χ1n) is 11.3. The van der Waals surface area contributed by atoms with Crippen LogP contribution in [0, 0.1) is 5.82 Å². The molecule has 0 bridgehead atoms. The predicted molar refractivity (Wildman–Crippen MR) is 130 cm³/mol. The summed E-state index contributed by atoms with van der Waals surface area (Å²) in [6, 6.07) is 13.2. The zero-order chi connectivity index (χ0) is 24.5. The van der Waals surface area contributed by atoms with Crippen LogP contribution in [0.3, 0.4) is 0 Å². The number of pyridine rings is 2. The molecule has 3 heterocycles. The van der Waals surface area contributed by atoms with Crippen LogP contribution in [0.2, 0.25) is 0 Å². The molecule has 178 valence electrons. The second-order valence-corrected chi connectivity index (χ2v) is 8.41. The quantitative estimate of drug-likeness (QED) is 0.433. The van der Waals surface area contributed by atoms with Gasteiger partial charge >= 0.3 is 0 Å². The van der Waals surface area contributed by atoms with Crippen LogP contribution in [0.15, 0.2) is 65.7 Å². The molecular formula is C27H24FN3O4. The van der Waals surface area contributed by atoms with Crippen molar-refractivity contribution < 1.29 is 18.7 Å². The van der Waals surface area contributed by atoms with Gasteiger partial charge in [-0.3, -0.25) is 14.6 Å². The Morgan fingerprint density at radius 2 is 1.66 bits per heavy atom. The minimum absolute atomic E-state index is 0.257. The number of ether oxygens (including phenoxy) is 2. The van der Waals surface area contributed by atoms with Crippen molar-refractivity contribution in [2.24, 2.45) is 0 Å². The zero-order valence-corrected chi connectivity index (χ0v) is 19.5. The first-order valence-corrected chi connectivity index (χ1v) is 11.3. The van der Waals surface area contributed by atoms with E-state index in [1.54, 1.807) is 49.6 Å². The topological polar surface area (TPSA) is 73.7 Å². The summed E-state index contributed by atoms with van der Waals surface area (Å²) in [4.78, 5) is 33.3. The highest BCUT2D eigenvalue weighted by Crippen LogP contribution is 2.33. The molecule has 2 aromatic carbocycles. The number of rotatable bonds is 5. The Morgan fingerprint density at radius 1 is 0.943 bits per heavy atom. The first kappa shape index (κ1) is 22.6. The Kier molecular flexibility index (Phi) is 5.94. The van der Waals surface area contributed by atoms with Gasteiger partial charge in [0.1, 0.15) is 23.0 Å². The molecule has 1 aliphatic rings. The smallest absolute Gasteiger partial charge is 0.271 e. The second-order valence-electron chi connectivity index (χ2n) is 8.41. The molecule has 0 unspecified atom stereocenters. The maximum atomic E-state index is 14.0. The molecule has 0 spiro atoms. The van der Waals surface area contributed by atoms with Crippen LogP contribution in [0.4, 0.5) is 4.39 Å². The Balaban J connectivity index is 1.68. The Labute approximate surface area is 201 Å². The maximum absolute atomic E-state index is 14.0. The van der Waals surface area contributed by atoms with Crippen LogP contribution < -0.4 is 15.0 Å². The summed E-state index contributed by atoms with van der Waals surface area (Å²) in [5.41, 5.74) is 2.14. The minimum atomic E-state index is -0.376. The van der Waals surface area contributed by atoms with Gasteiger partial charge < -0.3 is 18.9 Å². The van der Waals surface area contributed by atoms with Crippen molar-refractivity contribution in [1.82, 2.24) is 14.5 Å². The lowest BCUT2D eigenvalue weighted by Crippen LogP contribution is -2.33. The maximum Gasteiger partial charge on any atom is 0.271 e. The largest absolute Gasteiger partial charge is 0.497 e. The molecular weight excluding hydrogens is 449 g/mol. The molecule has 0 N–H and O–H groups in total. The Hall–Kier alpha value is -4.20. The highest BCUT2D eigenvalue weighted by atomic mass is 19.1. The summed E-state index contributed by atoms with van der Waals surface area (Å²) in [6.45, 7) is 1.17. The standard InChI is InChI=1S/C27H24FN3O4/c1-34-20-12-17(13-21(14-20)35-2)16-30-10-3-11-31-25(27(30)33)24(18-4-6-19(28)7-5-18)22-8-9-29-15-23(22)26(31)32/h4-9,12-15H,3,10-11,16H2,1-2H3. The summed E-state index contributed by atoms with van der Waals surface area (Å²) in [5, 5.41) is 1.04. The molecule has 0 radical (unpaired) electrons. The van der Waals surface area contributed by atoms with Crippen molar-refractivity contribution in [2.45, 2.75) is 19.5 Å². The van der Waals surface area contributed by atoms with E-state index in [-0.39, 0.29) is 17.3 Å². The lowest BCUT2D eigenvalue weighted by atomic mass is 9.97. The van der Waals surface area contributed by atoms with Crippen molar-refractivity contribution in [2.75, 3.05) is 20.8 Å². The molecule has 0 fully saturated rings. The molecule has 2 aromatic heterocycles. The third-order valence-corrected chi connectivity index (χ3v) is 6.29. The van der Waals surface area contributed by atoms with Crippen LogP contribution in [0.1, 0.15) is 22.5 Å². The van der Waals surface area contributed by atoms with Gasteiger partial charge in [0.05, 0.1) is 19.6 Å². The van der Waals surface area contributed by atoms with Crippen molar-refractivity contribution >= 4 is 16.7 Å². The monoisotopic (exact) mass is 473 g/mol. The number of carbonyl (C=O) groups is 1. The summed E-state index contributed by atoms with van der Waals surface area (Å²) in [6.07, 6.45) is 3.72. The van der Waals surface area contributed by atoms with Crippen molar-refractivity contribution in [3.63, 3.8) is 0 Å². The number of methoxy groups -OCH3 is 2. The van der Waals surface area contributed by atoms with E-state index < -0.39 is 0 Å². The van der Waals surface area contributed by atoms with E-state index in [0.29, 0.717) is 65.1 Å². The SMILES string of the molecule is COc1cc(CN2CCCn3c(c(-c4ccc(F)cc4)c4ccncc4c3=O)C2=O)cc(OC)c1. The van der Waals surface area contributed by atoms with Crippen molar-refractivity contribution in [3.8, 4) is 22.6 Å². The summed E-state index contributed by atoms with van der Waals surface area (Å²) in [7, 11) is 3.15. The number of carbonyl (C=O) groups excluding carboxylic acids is 1. The summed E-state index contributed by atoms with van der Waals surface area (Å²) >= 11 is 0. The number of hydrogen-bond donors (Lipinski definition) is 0. The lowest BCUT2D eigenvalue weighted by Gasteiger charge is -2.23. The van der Waals surface area contributed by atoms with Gasteiger partial charge in [0.15, 0.2) is 0 Å². The fraction of sp³-hybridized carbons (Fsp3) is 0.222. The molecule has 1 amide bonds. The summed E-state index contributed by atoms with van der Waals surface area (Å²) in [5.74, 6) is 0.616. The molecule has 4 aromatic rings. The molecule has 35 heavy (non-hydrogen) atoms. The van der Waals surface area contributed by atoms with E-state index in [4.69, 9.17) is 9.47 Å². The average molecular weight is 474 g/mol. The van der Waals surface area contributed by atoms with Gasteiger partial charge in [0.25, 0.3) is 11.5 Å². The van der Waals surface area contributed by atoms with Crippen LogP contribution in [0.25, 0.3) is 21.9 Å². The lowest BCUT2D eigenvalue weighted by molar-refractivity contribution is 0.0746. The third kappa shape index (κ3) is 4.12.